The predicted molar refractivity (Wildman–Crippen MR) is 103 cm³/mol. The van der Waals surface area contributed by atoms with Gasteiger partial charge in [-0.1, -0.05) is 67.9 Å². The highest BCUT2D eigenvalue weighted by Crippen LogP contribution is 2.17. The molecule has 0 radical (unpaired) electrons. The average Bonchev–Trinajstić information content (AvgIpc) is 2.63. The second-order valence-electron chi connectivity index (χ2n) is 5.40. The van der Waals surface area contributed by atoms with E-state index in [9.17, 15) is 5.11 Å². The zero-order chi connectivity index (χ0) is 18.3. The van der Waals surface area contributed by atoms with Gasteiger partial charge in [0.25, 0.3) is 0 Å². The largest absolute Gasteiger partial charge is 0.508 e. The minimum Gasteiger partial charge on any atom is -0.508 e. The summed E-state index contributed by atoms with van der Waals surface area (Å²) >= 11 is 0. The third-order valence-electron chi connectivity index (χ3n) is 3.30. The topological polar surface area (TPSA) is 60.7 Å². The molecule has 3 nitrogen and oxygen atoms in total. The smallest absolute Gasteiger partial charge is 0.118 e. The van der Waals surface area contributed by atoms with Crippen molar-refractivity contribution in [2.75, 3.05) is 0 Å². The van der Waals surface area contributed by atoms with Crippen molar-refractivity contribution in [1.29, 1.82) is 0 Å². The number of benzene rings is 3. The number of phenolic OH excluding ortho intramolecular Hbond substituents is 3. The van der Waals surface area contributed by atoms with E-state index in [-0.39, 0.29) is 0 Å². The van der Waals surface area contributed by atoms with E-state index in [1.807, 2.05) is 30.3 Å². The third kappa shape index (κ3) is 9.72. The minimum atomic E-state index is 0.322. The van der Waals surface area contributed by atoms with Crippen LogP contribution in [0.1, 0.15) is 25.3 Å². The van der Waals surface area contributed by atoms with Crippen molar-refractivity contribution in [3.8, 4) is 17.2 Å². The van der Waals surface area contributed by atoms with Crippen LogP contribution in [0.25, 0.3) is 0 Å². The average molecular weight is 338 g/mol. The van der Waals surface area contributed by atoms with Crippen LogP contribution in [0.4, 0.5) is 0 Å². The van der Waals surface area contributed by atoms with Crippen LogP contribution in [0.3, 0.4) is 0 Å². The van der Waals surface area contributed by atoms with Gasteiger partial charge < -0.3 is 15.3 Å². The molecule has 132 valence electrons. The maximum atomic E-state index is 9.34. The lowest BCUT2D eigenvalue weighted by atomic mass is 10.1. The number of unbranched alkanes of at least 4 members (excludes halogenated alkanes) is 1. The molecule has 3 aromatic rings. The Labute approximate surface area is 149 Å². The van der Waals surface area contributed by atoms with Crippen molar-refractivity contribution >= 4 is 0 Å². The summed E-state index contributed by atoms with van der Waals surface area (Å²) in [5.74, 6) is 1.07. The van der Waals surface area contributed by atoms with Gasteiger partial charge in [-0.2, -0.15) is 0 Å². The fourth-order valence-electron chi connectivity index (χ4n) is 1.95. The number of aryl methyl sites for hydroxylation is 1. The van der Waals surface area contributed by atoms with Gasteiger partial charge >= 0.3 is 0 Å². The van der Waals surface area contributed by atoms with Gasteiger partial charge in [-0.05, 0) is 48.7 Å². The number of hydrogen-bond acceptors (Lipinski definition) is 3. The minimum absolute atomic E-state index is 0.322. The number of hydrogen-bond donors (Lipinski definition) is 3. The lowest BCUT2D eigenvalue weighted by Gasteiger charge is -2.01. The first-order chi connectivity index (χ1) is 12.1. The van der Waals surface area contributed by atoms with Crippen molar-refractivity contribution in [1.82, 2.24) is 0 Å². The molecule has 0 fully saturated rings. The molecule has 0 aliphatic heterocycles. The summed E-state index contributed by atoms with van der Waals surface area (Å²) in [6.07, 6.45) is 3.31. The van der Waals surface area contributed by atoms with Crippen molar-refractivity contribution in [3.63, 3.8) is 0 Å². The molecule has 0 spiro atoms. The molecular formula is C22H26O3. The van der Waals surface area contributed by atoms with E-state index in [2.05, 4.69) is 6.92 Å². The lowest BCUT2D eigenvalue weighted by Crippen LogP contribution is -1.83. The van der Waals surface area contributed by atoms with Gasteiger partial charge in [0.2, 0.25) is 0 Å². The third-order valence-corrected chi connectivity index (χ3v) is 3.30. The molecule has 3 N–H and O–H groups in total. The number of para-hydroxylation sites is 3. The van der Waals surface area contributed by atoms with Gasteiger partial charge in [0, 0.05) is 0 Å². The van der Waals surface area contributed by atoms with Gasteiger partial charge in [0.1, 0.15) is 17.2 Å². The van der Waals surface area contributed by atoms with Crippen molar-refractivity contribution in [3.05, 3.63) is 90.5 Å². The first-order valence-corrected chi connectivity index (χ1v) is 8.38. The fourth-order valence-corrected chi connectivity index (χ4v) is 1.95. The molecular weight excluding hydrogens is 312 g/mol. The van der Waals surface area contributed by atoms with E-state index in [1.54, 1.807) is 54.6 Å². The molecule has 3 rings (SSSR count). The summed E-state index contributed by atoms with van der Waals surface area (Å²) in [5.41, 5.74) is 1.06. The molecule has 3 aromatic carbocycles. The molecule has 0 atom stereocenters. The Morgan fingerprint density at radius 2 is 1.04 bits per heavy atom. The van der Waals surface area contributed by atoms with Crippen LogP contribution < -0.4 is 0 Å². The molecule has 0 heterocycles. The van der Waals surface area contributed by atoms with Crippen LogP contribution in [-0.4, -0.2) is 15.3 Å². The Morgan fingerprint density at radius 1 is 0.600 bits per heavy atom. The van der Waals surface area contributed by atoms with Gasteiger partial charge in [0.05, 0.1) is 0 Å². The van der Waals surface area contributed by atoms with E-state index >= 15 is 0 Å². The Balaban J connectivity index is 0.000000195. The Hall–Kier alpha value is -2.94. The van der Waals surface area contributed by atoms with Gasteiger partial charge in [-0.3, -0.25) is 0 Å². The normalized spacial score (nSPS) is 9.16. The molecule has 0 aliphatic rings. The summed E-state index contributed by atoms with van der Waals surface area (Å²) in [6, 6.07) is 25.0. The molecule has 0 saturated carbocycles. The van der Waals surface area contributed by atoms with Gasteiger partial charge in [-0.25, -0.2) is 0 Å². The summed E-state index contributed by atoms with van der Waals surface area (Å²) in [7, 11) is 0. The molecule has 0 unspecified atom stereocenters. The molecule has 0 aromatic heterocycles. The second-order valence-corrected chi connectivity index (χ2v) is 5.40. The van der Waals surface area contributed by atoms with E-state index in [0.29, 0.717) is 17.2 Å². The highest BCUT2D eigenvalue weighted by atomic mass is 16.3. The van der Waals surface area contributed by atoms with Crippen LogP contribution in [0.2, 0.25) is 0 Å². The standard InChI is InChI=1S/C10H14O.2C6H6O/c1-2-3-6-9-7-4-5-8-10(9)11;2*7-6-4-2-1-3-5-6/h4-5,7-8,11H,2-3,6H2,1H3;2*1-5,7H. The fraction of sp³-hybridized carbons (Fsp3) is 0.182. The van der Waals surface area contributed by atoms with E-state index < -0.39 is 0 Å². The van der Waals surface area contributed by atoms with Gasteiger partial charge in [0.15, 0.2) is 0 Å². The number of aromatic hydroxyl groups is 3. The number of phenols is 3. The van der Waals surface area contributed by atoms with Crippen LogP contribution in [0.5, 0.6) is 17.2 Å². The van der Waals surface area contributed by atoms with Crippen LogP contribution in [0.15, 0.2) is 84.9 Å². The van der Waals surface area contributed by atoms with Crippen molar-refractivity contribution in [2.45, 2.75) is 26.2 Å². The Kier molecular flexibility index (Phi) is 10.0. The molecule has 0 aliphatic carbocycles. The highest BCUT2D eigenvalue weighted by Gasteiger charge is 1.96. The SMILES string of the molecule is CCCCc1ccccc1O.Oc1ccccc1.Oc1ccccc1. The highest BCUT2D eigenvalue weighted by molar-refractivity contribution is 5.31. The zero-order valence-corrected chi connectivity index (χ0v) is 14.5. The maximum absolute atomic E-state index is 9.34. The van der Waals surface area contributed by atoms with Crippen LogP contribution in [0, 0.1) is 0 Å². The van der Waals surface area contributed by atoms with Crippen molar-refractivity contribution < 1.29 is 15.3 Å². The number of rotatable bonds is 3. The monoisotopic (exact) mass is 338 g/mol. The molecule has 0 bridgehead atoms. The summed E-state index contributed by atoms with van der Waals surface area (Å²) in [4.78, 5) is 0. The van der Waals surface area contributed by atoms with E-state index in [4.69, 9.17) is 10.2 Å². The summed E-state index contributed by atoms with van der Waals surface area (Å²) < 4.78 is 0. The van der Waals surface area contributed by atoms with E-state index in [0.717, 1.165) is 18.4 Å². The second kappa shape index (κ2) is 12.5. The van der Waals surface area contributed by atoms with E-state index in [1.165, 1.54) is 6.42 Å². The Morgan fingerprint density at radius 3 is 1.40 bits per heavy atom. The first-order valence-electron chi connectivity index (χ1n) is 8.38. The quantitative estimate of drug-likeness (QED) is 0.589. The summed E-state index contributed by atoms with van der Waals surface area (Å²) in [5, 5.41) is 26.6. The summed E-state index contributed by atoms with van der Waals surface area (Å²) in [6.45, 7) is 2.15. The molecule has 0 saturated heterocycles. The van der Waals surface area contributed by atoms with Crippen LogP contribution in [-0.2, 0) is 6.42 Å². The zero-order valence-electron chi connectivity index (χ0n) is 14.5. The van der Waals surface area contributed by atoms with Gasteiger partial charge in [-0.15, -0.1) is 0 Å². The molecule has 3 heteroatoms. The Bertz CT molecular complexity index is 644. The predicted octanol–water partition coefficient (Wildman–Crippen LogP) is 5.52. The van der Waals surface area contributed by atoms with Crippen LogP contribution >= 0.6 is 0 Å². The lowest BCUT2D eigenvalue weighted by molar-refractivity contribution is 0.467. The van der Waals surface area contributed by atoms with Crippen molar-refractivity contribution in [2.24, 2.45) is 0 Å². The molecule has 25 heavy (non-hydrogen) atoms. The molecule has 0 amide bonds. The first kappa shape index (κ1) is 20.1. The maximum Gasteiger partial charge on any atom is 0.118 e.